The minimum atomic E-state index is -0.613. The zero-order chi connectivity index (χ0) is 12.3. The highest BCUT2D eigenvalue weighted by atomic mass is 19.1. The van der Waals surface area contributed by atoms with Gasteiger partial charge in [0.1, 0.15) is 11.6 Å². The summed E-state index contributed by atoms with van der Waals surface area (Å²) in [4.78, 5) is 13.0. The number of nitrogens with zero attached hydrogens (tertiary/aromatic N) is 1. The molecule has 1 aliphatic rings. The van der Waals surface area contributed by atoms with Crippen molar-refractivity contribution in [3.63, 3.8) is 0 Å². The highest BCUT2D eigenvalue weighted by Gasteiger charge is 2.19. The van der Waals surface area contributed by atoms with Gasteiger partial charge < -0.3 is 10.2 Å². The van der Waals surface area contributed by atoms with Gasteiger partial charge in [0.2, 0.25) is 5.91 Å². The number of amides is 1. The molecule has 1 heterocycles. The van der Waals surface area contributed by atoms with Crippen LogP contribution in [0.4, 0.5) is 14.5 Å². The maximum Gasteiger partial charge on any atom is 0.222 e. The van der Waals surface area contributed by atoms with Crippen molar-refractivity contribution in [3.8, 4) is 0 Å². The van der Waals surface area contributed by atoms with Gasteiger partial charge in [-0.1, -0.05) is 0 Å². The Balaban J connectivity index is 1.83. The van der Waals surface area contributed by atoms with Crippen LogP contribution in [0.25, 0.3) is 0 Å². The van der Waals surface area contributed by atoms with Gasteiger partial charge in [0.25, 0.3) is 0 Å². The van der Waals surface area contributed by atoms with E-state index in [2.05, 4.69) is 5.32 Å². The maximum absolute atomic E-state index is 13.2. The molecule has 1 aliphatic heterocycles. The van der Waals surface area contributed by atoms with Gasteiger partial charge in [-0.15, -0.1) is 0 Å². The van der Waals surface area contributed by atoms with E-state index < -0.39 is 11.6 Å². The lowest BCUT2D eigenvalue weighted by molar-refractivity contribution is -0.127. The molecule has 0 unspecified atom stereocenters. The van der Waals surface area contributed by atoms with Gasteiger partial charge in [0, 0.05) is 32.1 Å². The summed E-state index contributed by atoms with van der Waals surface area (Å²) in [5, 5.41) is 2.85. The molecular weight excluding hydrogens is 226 g/mol. The van der Waals surface area contributed by atoms with E-state index in [0.717, 1.165) is 19.0 Å². The SMILES string of the molecule is O=C1CCCN1CCNc1ccc(F)cc1F. The maximum atomic E-state index is 13.2. The zero-order valence-corrected chi connectivity index (χ0v) is 9.38. The molecule has 3 nitrogen and oxygen atoms in total. The van der Waals surface area contributed by atoms with E-state index in [1.165, 1.54) is 12.1 Å². The lowest BCUT2D eigenvalue weighted by atomic mass is 10.3. The third kappa shape index (κ3) is 2.93. The van der Waals surface area contributed by atoms with E-state index in [-0.39, 0.29) is 11.6 Å². The van der Waals surface area contributed by atoms with Crippen LogP contribution in [0.15, 0.2) is 18.2 Å². The molecule has 0 aromatic heterocycles. The molecule has 1 saturated heterocycles. The molecule has 0 bridgehead atoms. The van der Waals surface area contributed by atoms with Gasteiger partial charge in [-0.05, 0) is 18.6 Å². The van der Waals surface area contributed by atoms with Crippen molar-refractivity contribution < 1.29 is 13.6 Å². The highest BCUT2D eigenvalue weighted by Crippen LogP contribution is 2.15. The first-order valence-corrected chi connectivity index (χ1v) is 5.63. The minimum absolute atomic E-state index is 0.145. The van der Waals surface area contributed by atoms with Crippen LogP contribution in [0, 0.1) is 11.6 Å². The Bertz CT molecular complexity index is 423. The second-order valence-electron chi connectivity index (χ2n) is 4.04. The molecule has 2 rings (SSSR count). The van der Waals surface area contributed by atoms with Gasteiger partial charge in [-0.25, -0.2) is 8.78 Å². The second-order valence-corrected chi connectivity index (χ2v) is 4.04. The molecule has 92 valence electrons. The number of benzene rings is 1. The third-order valence-corrected chi connectivity index (χ3v) is 2.80. The predicted octanol–water partition coefficient (Wildman–Crippen LogP) is 2.00. The Hall–Kier alpha value is -1.65. The number of hydrogen-bond donors (Lipinski definition) is 1. The lowest BCUT2D eigenvalue weighted by Crippen LogP contribution is -2.30. The first kappa shape index (κ1) is 11.8. The molecule has 0 saturated carbocycles. The van der Waals surface area contributed by atoms with Crippen LogP contribution in [0.3, 0.4) is 0 Å². The van der Waals surface area contributed by atoms with Crippen molar-refractivity contribution >= 4 is 11.6 Å². The van der Waals surface area contributed by atoms with Gasteiger partial charge in [0.05, 0.1) is 5.69 Å². The number of rotatable bonds is 4. The zero-order valence-electron chi connectivity index (χ0n) is 9.38. The van der Waals surface area contributed by atoms with Crippen LogP contribution < -0.4 is 5.32 Å². The fraction of sp³-hybridized carbons (Fsp3) is 0.417. The quantitative estimate of drug-likeness (QED) is 0.873. The average Bonchev–Trinajstić information content (AvgIpc) is 2.68. The largest absolute Gasteiger partial charge is 0.381 e. The van der Waals surface area contributed by atoms with Gasteiger partial charge >= 0.3 is 0 Å². The molecule has 1 aromatic carbocycles. The summed E-state index contributed by atoms with van der Waals surface area (Å²) in [6, 6.07) is 3.40. The van der Waals surface area contributed by atoms with Crippen molar-refractivity contribution in [2.75, 3.05) is 25.0 Å². The normalized spacial score (nSPS) is 15.4. The van der Waals surface area contributed by atoms with Crippen LogP contribution in [-0.4, -0.2) is 30.4 Å². The lowest BCUT2D eigenvalue weighted by Gasteiger charge is -2.16. The summed E-state index contributed by atoms with van der Waals surface area (Å²) in [5.74, 6) is -1.06. The number of carbonyl (C=O) groups excluding carboxylic acids is 1. The molecule has 1 aromatic rings. The molecule has 1 fully saturated rings. The molecule has 1 N–H and O–H groups in total. The standard InChI is InChI=1S/C12H14F2N2O/c13-9-3-4-11(10(14)8-9)15-5-7-16-6-1-2-12(16)17/h3-4,8,15H,1-2,5-7H2. The van der Waals surface area contributed by atoms with Gasteiger partial charge in [-0.2, -0.15) is 0 Å². The Labute approximate surface area is 98.4 Å². The minimum Gasteiger partial charge on any atom is -0.381 e. The van der Waals surface area contributed by atoms with Crippen LogP contribution in [0.1, 0.15) is 12.8 Å². The van der Waals surface area contributed by atoms with Crippen molar-refractivity contribution in [1.82, 2.24) is 4.90 Å². The van der Waals surface area contributed by atoms with Crippen LogP contribution in [0.2, 0.25) is 0 Å². The summed E-state index contributed by atoms with van der Waals surface area (Å²) in [6.45, 7) is 1.79. The van der Waals surface area contributed by atoms with Crippen LogP contribution >= 0.6 is 0 Å². The fourth-order valence-corrected chi connectivity index (χ4v) is 1.90. The first-order chi connectivity index (χ1) is 8.16. The van der Waals surface area contributed by atoms with Crippen molar-refractivity contribution in [3.05, 3.63) is 29.8 Å². The van der Waals surface area contributed by atoms with Gasteiger partial charge in [-0.3, -0.25) is 4.79 Å². The second kappa shape index (κ2) is 5.12. The smallest absolute Gasteiger partial charge is 0.222 e. The molecule has 1 amide bonds. The molecule has 0 spiro atoms. The molecule has 0 aliphatic carbocycles. The van der Waals surface area contributed by atoms with Crippen molar-refractivity contribution in [2.45, 2.75) is 12.8 Å². The Morgan fingerprint density at radius 3 is 2.82 bits per heavy atom. The summed E-state index contributed by atoms with van der Waals surface area (Å²) in [7, 11) is 0. The molecule has 0 atom stereocenters. The fourth-order valence-electron chi connectivity index (χ4n) is 1.90. The van der Waals surface area contributed by atoms with Gasteiger partial charge in [0.15, 0.2) is 0 Å². The number of nitrogens with one attached hydrogen (secondary N) is 1. The van der Waals surface area contributed by atoms with E-state index in [9.17, 15) is 13.6 Å². The number of anilines is 1. The summed E-state index contributed by atoms with van der Waals surface area (Å²) < 4.78 is 25.9. The highest BCUT2D eigenvalue weighted by molar-refractivity contribution is 5.78. The molecule has 17 heavy (non-hydrogen) atoms. The topological polar surface area (TPSA) is 32.3 Å². The van der Waals surface area contributed by atoms with Crippen LogP contribution in [0.5, 0.6) is 0 Å². The third-order valence-electron chi connectivity index (χ3n) is 2.80. The molecule has 0 radical (unpaired) electrons. The first-order valence-electron chi connectivity index (χ1n) is 5.63. The predicted molar refractivity (Wildman–Crippen MR) is 60.7 cm³/mol. The van der Waals surface area contributed by atoms with Crippen LogP contribution in [-0.2, 0) is 4.79 Å². The molecular formula is C12H14F2N2O. The monoisotopic (exact) mass is 240 g/mol. The van der Waals surface area contributed by atoms with Crippen molar-refractivity contribution in [1.29, 1.82) is 0 Å². The number of carbonyl (C=O) groups is 1. The molecule has 5 heteroatoms. The van der Waals surface area contributed by atoms with Crippen molar-refractivity contribution in [2.24, 2.45) is 0 Å². The number of hydrogen-bond acceptors (Lipinski definition) is 2. The number of halogens is 2. The summed E-state index contributed by atoms with van der Waals surface area (Å²) in [5.41, 5.74) is 0.262. The Kier molecular flexibility index (Phi) is 3.56. The number of likely N-dealkylation sites (tertiary alicyclic amines) is 1. The van der Waals surface area contributed by atoms with E-state index in [1.54, 1.807) is 4.90 Å². The van der Waals surface area contributed by atoms with E-state index >= 15 is 0 Å². The Morgan fingerprint density at radius 1 is 1.35 bits per heavy atom. The van der Waals surface area contributed by atoms with E-state index in [1.807, 2.05) is 0 Å². The van der Waals surface area contributed by atoms with E-state index in [0.29, 0.717) is 19.5 Å². The summed E-state index contributed by atoms with van der Waals surface area (Å²) in [6.07, 6.45) is 1.49. The van der Waals surface area contributed by atoms with E-state index in [4.69, 9.17) is 0 Å². The Morgan fingerprint density at radius 2 is 2.18 bits per heavy atom. The summed E-state index contributed by atoms with van der Waals surface area (Å²) >= 11 is 0. The average molecular weight is 240 g/mol.